The zero-order valence-corrected chi connectivity index (χ0v) is 13.8. The molecule has 0 spiro atoms. The summed E-state index contributed by atoms with van der Waals surface area (Å²) in [7, 11) is 0. The summed E-state index contributed by atoms with van der Waals surface area (Å²) < 4.78 is 9.19. The molecule has 3 rings (SSSR count). The highest BCUT2D eigenvalue weighted by Gasteiger charge is 2.35. The summed E-state index contributed by atoms with van der Waals surface area (Å²) in [5, 5.41) is 8.09. The monoisotopic (exact) mass is 321 g/mol. The fraction of sp³-hybridized carbons (Fsp3) is 0.643. The lowest BCUT2D eigenvalue weighted by molar-refractivity contribution is 0.0732. The number of carbonyl (C=O) groups excluding carboxylic acids is 1. The summed E-state index contributed by atoms with van der Waals surface area (Å²) in [4.78, 5) is 19.7. The fourth-order valence-corrected chi connectivity index (χ4v) is 3.34. The second kappa shape index (κ2) is 6.12. The molecule has 0 saturated carbocycles. The quantitative estimate of drug-likeness (QED) is 0.860. The van der Waals surface area contributed by atoms with Gasteiger partial charge in [-0.15, -0.1) is 5.10 Å². The molecule has 1 aliphatic rings. The van der Waals surface area contributed by atoms with Gasteiger partial charge in [-0.05, 0) is 30.8 Å². The predicted octanol–water partition coefficient (Wildman–Crippen LogP) is 2.58. The Hall–Kier alpha value is -1.83. The number of hydrogen-bond donors (Lipinski definition) is 0. The van der Waals surface area contributed by atoms with E-state index in [2.05, 4.69) is 19.7 Å². The van der Waals surface area contributed by atoms with Crippen molar-refractivity contribution in [3.8, 4) is 0 Å². The molecule has 0 N–H and O–H groups in total. The molecule has 7 nitrogen and oxygen atoms in total. The molecule has 0 aliphatic carbocycles. The van der Waals surface area contributed by atoms with Gasteiger partial charge in [0.2, 0.25) is 5.89 Å². The maximum Gasteiger partial charge on any atom is 0.268 e. The number of aryl methyl sites for hydroxylation is 1. The van der Waals surface area contributed by atoms with Crippen molar-refractivity contribution < 1.29 is 9.32 Å². The number of rotatable bonds is 4. The standard InChI is InChI=1S/C14H19N5O2S/c1-4-9-11(22-18-16-9)14(20)19-7-5-6-10(19)12-15-13(8(2)3)21-17-12/h8,10H,4-7H2,1-3H3. The lowest BCUT2D eigenvalue weighted by Crippen LogP contribution is -2.31. The van der Waals surface area contributed by atoms with E-state index in [9.17, 15) is 4.79 Å². The van der Waals surface area contributed by atoms with Crippen LogP contribution in [-0.2, 0) is 6.42 Å². The molecule has 22 heavy (non-hydrogen) atoms. The molecule has 8 heteroatoms. The van der Waals surface area contributed by atoms with E-state index in [1.165, 1.54) is 0 Å². The van der Waals surface area contributed by atoms with Crippen LogP contribution in [0.15, 0.2) is 4.52 Å². The lowest BCUT2D eigenvalue weighted by atomic mass is 10.2. The van der Waals surface area contributed by atoms with Crippen LogP contribution in [-0.4, -0.2) is 37.1 Å². The second-order valence-electron chi connectivity index (χ2n) is 5.70. The average molecular weight is 321 g/mol. The summed E-state index contributed by atoms with van der Waals surface area (Å²) in [6.45, 7) is 6.69. The predicted molar refractivity (Wildman–Crippen MR) is 80.7 cm³/mol. The first kappa shape index (κ1) is 15.1. The minimum atomic E-state index is -0.115. The van der Waals surface area contributed by atoms with E-state index in [1.807, 2.05) is 25.7 Å². The molecule has 0 aromatic carbocycles. The molecule has 1 amide bonds. The van der Waals surface area contributed by atoms with Crippen molar-refractivity contribution in [1.29, 1.82) is 0 Å². The first-order chi connectivity index (χ1) is 10.6. The Balaban J connectivity index is 1.85. The van der Waals surface area contributed by atoms with Crippen LogP contribution in [0.2, 0.25) is 0 Å². The van der Waals surface area contributed by atoms with E-state index in [-0.39, 0.29) is 17.9 Å². The molecule has 1 atom stereocenters. The van der Waals surface area contributed by atoms with Gasteiger partial charge in [0.15, 0.2) is 5.82 Å². The van der Waals surface area contributed by atoms with Gasteiger partial charge in [-0.25, -0.2) is 0 Å². The third kappa shape index (κ3) is 2.63. The Labute approximate surface area is 132 Å². The molecule has 0 radical (unpaired) electrons. The van der Waals surface area contributed by atoms with Gasteiger partial charge in [-0.1, -0.05) is 30.4 Å². The van der Waals surface area contributed by atoms with Crippen molar-refractivity contribution in [3.63, 3.8) is 0 Å². The van der Waals surface area contributed by atoms with Gasteiger partial charge in [-0.3, -0.25) is 4.79 Å². The third-order valence-corrected chi connectivity index (χ3v) is 4.60. The highest BCUT2D eigenvalue weighted by Crippen LogP contribution is 2.33. The van der Waals surface area contributed by atoms with E-state index in [0.717, 1.165) is 30.1 Å². The Morgan fingerprint density at radius 1 is 1.50 bits per heavy atom. The van der Waals surface area contributed by atoms with Gasteiger partial charge in [0.25, 0.3) is 5.91 Å². The zero-order chi connectivity index (χ0) is 15.7. The Morgan fingerprint density at radius 3 is 3.00 bits per heavy atom. The number of amides is 1. The van der Waals surface area contributed by atoms with Gasteiger partial charge < -0.3 is 9.42 Å². The van der Waals surface area contributed by atoms with Gasteiger partial charge in [0, 0.05) is 12.5 Å². The first-order valence-corrected chi connectivity index (χ1v) is 8.34. The van der Waals surface area contributed by atoms with Crippen LogP contribution in [0.5, 0.6) is 0 Å². The van der Waals surface area contributed by atoms with Crippen LogP contribution in [0, 0.1) is 0 Å². The van der Waals surface area contributed by atoms with Crippen LogP contribution in [0.4, 0.5) is 0 Å². The molecule has 0 bridgehead atoms. The van der Waals surface area contributed by atoms with Crippen molar-refractivity contribution in [3.05, 3.63) is 22.3 Å². The Kier molecular flexibility index (Phi) is 4.19. The van der Waals surface area contributed by atoms with Gasteiger partial charge in [0.05, 0.1) is 11.7 Å². The molecule has 1 unspecified atom stereocenters. The molecule has 2 aromatic rings. The molecule has 1 saturated heterocycles. The van der Waals surface area contributed by atoms with Crippen LogP contribution < -0.4 is 0 Å². The maximum atomic E-state index is 12.8. The van der Waals surface area contributed by atoms with Crippen LogP contribution in [0.3, 0.4) is 0 Å². The summed E-state index contributed by atoms with van der Waals surface area (Å²) in [6.07, 6.45) is 2.50. The number of likely N-dealkylation sites (tertiary alicyclic amines) is 1. The first-order valence-electron chi connectivity index (χ1n) is 7.57. The van der Waals surface area contributed by atoms with Crippen LogP contribution >= 0.6 is 11.5 Å². The van der Waals surface area contributed by atoms with Crippen LogP contribution in [0.25, 0.3) is 0 Å². The minimum Gasteiger partial charge on any atom is -0.339 e. The number of nitrogens with zero attached hydrogens (tertiary/aromatic N) is 5. The van der Waals surface area contributed by atoms with Crippen LogP contribution in [0.1, 0.15) is 72.7 Å². The molecular formula is C14H19N5O2S. The van der Waals surface area contributed by atoms with Gasteiger partial charge in [0.1, 0.15) is 4.88 Å². The van der Waals surface area contributed by atoms with Crippen molar-refractivity contribution in [2.45, 2.75) is 52.0 Å². The maximum absolute atomic E-state index is 12.8. The van der Waals surface area contributed by atoms with E-state index < -0.39 is 0 Å². The largest absolute Gasteiger partial charge is 0.339 e. The highest BCUT2D eigenvalue weighted by molar-refractivity contribution is 7.08. The topological polar surface area (TPSA) is 85.0 Å². The van der Waals surface area contributed by atoms with E-state index in [1.54, 1.807) is 0 Å². The van der Waals surface area contributed by atoms with Crippen molar-refractivity contribution in [1.82, 2.24) is 24.6 Å². The molecule has 2 aromatic heterocycles. The summed E-state index contributed by atoms with van der Waals surface area (Å²) in [5.41, 5.74) is 0.761. The Morgan fingerprint density at radius 2 is 2.32 bits per heavy atom. The third-order valence-electron chi connectivity index (χ3n) is 3.85. The minimum absolute atomic E-state index is 0.0229. The molecule has 1 fully saturated rings. The number of carbonyl (C=O) groups is 1. The fourth-order valence-electron chi connectivity index (χ4n) is 2.63. The smallest absolute Gasteiger partial charge is 0.268 e. The van der Waals surface area contributed by atoms with Crippen molar-refractivity contribution >= 4 is 17.4 Å². The number of aromatic nitrogens is 4. The second-order valence-corrected chi connectivity index (χ2v) is 6.46. The zero-order valence-electron chi connectivity index (χ0n) is 12.9. The molecule has 118 valence electrons. The molecular weight excluding hydrogens is 302 g/mol. The van der Waals surface area contributed by atoms with E-state index in [4.69, 9.17) is 4.52 Å². The normalized spacial score (nSPS) is 18.4. The summed E-state index contributed by atoms with van der Waals surface area (Å²) in [5.74, 6) is 1.38. The van der Waals surface area contributed by atoms with Gasteiger partial charge in [-0.2, -0.15) is 4.98 Å². The Bertz CT molecular complexity index is 666. The van der Waals surface area contributed by atoms with Crippen molar-refractivity contribution in [2.24, 2.45) is 0 Å². The van der Waals surface area contributed by atoms with E-state index in [0.29, 0.717) is 29.6 Å². The summed E-state index contributed by atoms with van der Waals surface area (Å²) in [6, 6.07) is -0.115. The lowest BCUT2D eigenvalue weighted by Gasteiger charge is -2.21. The summed E-state index contributed by atoms with van der Waals surface area (Å²) >= 11 is 1.16. The average Bonchev–Trinajstić information content (AvgIpc) is 3.23. The van der Waals surface area contributed by atoms with E-state index >= 15 is 0 Å². The van der Waals surface area contributed by atoms with Crippen molar-refractivity contribution in [2.75, 3.05) is 6.54 Å². The molecule has 3 heterocycles. The SMILES string of the molecule is CCc1nnsc1C(=O)N1CCCC1c1noc(C(C)C)n1. The molecule has 1 aliphatic heterocycles. The highest BCUT2D eigenvalue weighted by atomic mass is 32.1. The number of hydrogen-bond acceptors (Lipinski definition) is 7. The van der Waals surface area contributed by atoms with Gasteiger partial charge >= 0.3 is 0 Å².